The number of hydrogen-bond donors (Lipinski definition) is 1. The van der Waals surface area contributed by atoms with Gasteiger partial charge in [-0.15, -0.1) is 0 Å². The number of nitrogens with one attached hydrogen (secondary N) is 1. The molecule has 1 aromatic rings. The van der Waals surface area contributed by atoms with E-state index in [2.05, 4.69) is 20.3 Å². The van der Waals surface area contributed by atoms with Crippen molar-refractivity contribution >= 4 is 0 Å². The van der Waals surface area contributed by atoms with E-state index in [4.69, 9.17) is 4.74 Å². The fraction of sp³-hybridized carbons (Fsp3) is 0.800. The Bertz CT molecular complexity index is 307. The SMILES string of the molecule is CNCC1CC(OCc2nonc2C)C1. The van der Waals surface area contributed by atoms with Crippen molar-refractivity contribution < 1.29 is 9.37 Å². The van der Waals surface area contributed by atoms with Crippen LogP contribution in [0.2, 0.25) is 0 Å². The summed E-state index contributed by atoms with van der Waals surface area (Å²) in [6.07, 6.45) is 2.68. The fourth-order valence-electron chi connectivity index (χ4n) is 1.84. The van der Waals surface area contributed by atoms with Gasteiger partial charge in [0, 0.05) is 0 Å². The normalized spacial score (nSPS) is 25.2. The average Bonchev–Trinajstić information content (AvgIpc) is 2.55. The quantitative estimate of drug-likeness (QED) is 0.783. The summed E-state index contributed by atoms with van der Waals surface area (Å²) in [7, 11) is 1.98. The van der Waals surface area contributed by atoms with Crippen LogP contribution in [0.5, 0.6) is 0 Å². The van der Waals surface area contributed by atoms with Crippen molar-refractivity contribution in [2.75, 3.05) is 13.6 Å². The van der Waals surface area contributed by atoms with E-state index >= 15 is 0 Å². The monoisotopic (exact) mass is 211 g/mol. The van der Waals surface area contributed by atoms with Gasteiger partial charge in [-0.25, -0.2) is 4.63 Å². The van der Waals surface area contributed by atoms with Gasteiger partial charge < -0.3 is 10.1 Å². The van der Waals surface area contributed by atoms with Gasteiger partial charge in [0.05, 0.1) is 12.7 Å². The Morgan fingerprint density at radius 1 is 1.47 bits per heavy atom. The maximum Gasteiger partial charge on any atom is 0.133 e. The smallest absolute Gasteiger partial charge is 0.133 e. The molecule has 2 rings (SSSR count). The molecule has 0 aliphatic heterocycles. The summed E-state index contributed by atoms with van der Waals surface area (Å²) < 4.78 is 10.3. The molecule has 1 aliphatic rings. The Kier molecular flexibility index (Phi) is 3.33. The lowest BCUT2D eigenvalue weighted by Gasteiger charge is -2.34. The third kappa shape index (κ3) is 2.54. The van der Waals surface area contributed by atoms with Gasteiger partial charge in [0.2, 0.25) is 0 Å². The number of aromatic nitrogens is 2. The van der Waals surface area contributed by atoms with Crippen molar-refractivity contribution in [2.45, 2.75) is 32.5 Å². The van der Waals surface area contributed by atoms with Crippen LogP contribution in [0, 0.1) is 12.8 Å². The molecule has 0 spiro atoms. The third-order valence-electron chi connectivity index (χ3n) is 2.89. The molecule has 0 unspecified atom stereocenters. The topological polar surface area (TPSA) is 60.2 Å². The second-order valence-corrected chi connectivity index (χ2v) is 4.12. The highest BCUT2D eigenvalue weighted by atomic mass is 16.6. The summed E-state index contributed by atoms with van der Waals surface area (Å²) in [6.45, 7) is 3.48. The molecule has 0 atom stereocenters. The number of rotatable bonds is 5. The van der Waals surface area contributed by atoms with Crippen LogP contribution >= 0.6 is 0 Å². The average molecular weight is 211 g/mol. The second kappa shape index (κ2) is 4.72. The predicted octanol–water partition coefficient (Wildman–Crippen LogP) is 0.893. The highest BCUT2D eigenvalue weighted by Gasteiger charge is 2.29. The van der Waals surface area contributed by atoms with Crippen LogP contribution in [0.25, 0.3) is 0 Å². The highest BCUT2D eigenvalue weighted by Crippen LogP contribution is 2.29. The number of ether oxygens (including phenoxy) is 1. The van der Waals surface area contributed by atoms with E-state index in [9.17, 15) is 0 Å². The van der Waals surface area contributed by atoms with Crippen LogP contribution in [-0.4, -0.2) is 30.0 Å². The lowest BCUT2D eigenvalue weighted by atomic mass is 9.82. The Labute approximate surface area is 89.1 Å². The number of hydrogen-bond acceptors (Lipinski definition) is 5. The predicted molar refractivity (Wildman–Crippen MR) is 54.3 cm³/mol. The van der Waals surface area contributed by atoms with Crippen molar-refractivity contribution in [1.82, 2.24) is 15.6 Å². The molecule has 84 valence electrons. The summed E-state index contributed by atoms with van der Waals surface area (Å²) >= 11 is 0. The van der Waals surface area contributed by atoms with Gasteiger partial charge in [0.15, 0.2) is 0 Å². The zero-order chi connectivity index (χ0) is 10.7. The molecule has 1 fully saturated rings. The molecule has 1 aliphatic carbocycles. The Morgan fingerprint density at radius 2 is 2.27 bits per heavy atom. The van der Waals surface area contributed by atoms with E-state index < -0.39 is 0 Å². The van der Waals surface area contributed by atoms with Gasteiger partial charge in [-0.3, -0.25) is 0 Å². The van der Waals surface area contributed by atoms with E-state index in [0.717, 1.165) is 36.7 Å². The summed E-state index contributed by atoms with van der Waals surface area (Å²) in [5.41, 5.74) is 1.63. The van der Waals surface area contributed by atoms with E-state index in [1.807, 2.05) is 14.0 Å². The zero-order valence-corrected chi connectivity index (χ0v) is 9.19. The molecule has 0 aromatic carbocycles. The van der Waals surface area contributed by atoms with E-state index in [1.165, 1.54) is 0 Å². The van der Waals surface area contributed by atoms with Crippen LogP contribution < -0.4 is 5.32 Å². The lowest BCUT2D eigenvalue weighted by molar-refractivity contribution is -0.0411. The Balaban J connectivity index is 1.66. The zero-order valence-electron chi connectivity index (χ0n) is 9.19. The Hall–Kier alpha value is -0.940. The van der Waals surface area contributed by atoms with Crippen LogP contribution in [0.4, 0.5) is 0 Å². The van der Waals surface area contributed by atoms with Gasteiger partial charge in [-0.05, 0) is 39.3 Å². The molecule has 1 saturated carbocycles. The maximum absolute atomic E-state index is 5.69. The minimum Gasteiger partial charge on any atom is -0.372 e. The van der Waals surface area contributed by atoms with Gasteiger partial charge >= 0.3 is 0 Å². The molecule has 1 heterocycles. The molecule has 1 aromatic heterocycles. The van der Waals surface area contributed by atoms with Gasteiger partial charge in [0.1, 0.15) is 11.4 Å². The van der Waals surface area contributed by atoms with Crippen molar-refractivity contribution in [3.8, 4) is 0 Å². The minimum absolute atomic E-state index is 0.388. The molecule has 5 heteroatoms. The summed E-state index contributed by atoms with van der Waals surface area (Å²) in [5, 5.41) is 10.7. The van der Waals surface area contributed by atoms with Gasteiger partial charge in [-0.1, -0.05) is 10.3 Å². The Morgan fingerprint density at radius 3 is 2.87 bits per heavy atom. The molecule has 15 heavy (non-hydrogen) atoms. The third-order valence-corrected chi connectivity index (χ3v) is 2.89. The first-order chi connectivity index (χ1) is 7.29. The summed E-state index contributed by atoms with van der Waals surface area (Å²) in [6, 6.07) is 0. The molecule has 5 nitrogen and oxygen atoms in total. The molecular weight excluding hydrogens is 194 g/mol. The van der Waals surface area contributed by atoms with Crippen molar-refractivity contribution in [3.05, 3.63) is 11.4 Å². The van der Waals surface area contributed by atoms with Gasteiger partial charge in [-0.2, -0.15) is 0 Å². The van der Waals surface area contributed by atoms with Crippen LogP contribution in [0.15, 0.2) is 4.63 Å². The van der Waals surface area contributed by atoms with Crippen LogP contribution in [-0.2, 0) is 11.3 Å². The molecule has 1 N–H and O–H groups in total. The van der Waals surface area contributed by atoms with Crippen LogP contribution in [0.1, 0.15) is 24.2 Å². The van der Waals surface area contributed by atoms with Crippen molar-refractivity contribution in [2.24, 2.45) is 5.92 Å². The van der Waals surface area contributed by atoms with Gasteiger partial charge in [0.25, 0.3) is 0 Å². The highest BCUT2D eigenvalue weighted by molar-refractivity contribution is 5.02. The standard InChI is InChI=1S/C10H17N3O2/c1-7-10(13-15-12-7)6-14-9-3-8(4-9)5-11-2/h8-9,11H,3-6H2,1-2H3. The summed E-state index contributed by atoms with van der Waals surface area (Å²) in [4.78, 5) is 0. The molecule has 0 saturated heterocycles. The lowest BCUT2D eigenvalue weighted by Crippen LogP contribution is -2.36. The molecule has 0 bridgehead atoms. The molecule has 0 radical (unpaired) electrons. The van der Waals surface area contributed by atoms with E-state index in [0.29, 0.717) is 12.7 Å². The second-order valence-electron chi connectivity index (χ2n) is 4.12. The number of aryl methyl sites for hydroxylation is 1. The van der Waals surface area contributed by atoms with E-state index in [-0.39, 0.29) is 0 Å². The molecule has 0 amide bonds. The first kappa shape index (κ1) is 10.6. The number of nitrogens with zero attached hydrogens (tertiary/aromatic N) is 2. The minimum atomic E-state index is 0.388. The van der Waals surface area contributed by atoms with Crippen molar-refractivity contribution in [3.63, 3.8) is 0 Å². The largest absolute Gasteiger partial charge is 0.372 e. The first-order valence-corrected chi connectivity index (χ1v) is 5.34. The summed E-state index contributed by atoms with van der Waals surface area (Å²) in [5.74, 6) is 0.775. The van der Waals surface area contributed by atoms with E-state index in [1.54, 1.807) is 0 Å². The van der Waals surface area contributed by atoms with Crippen LogP contribution in [0.3, 0.4) is 0 Å². The fourth-order valence-corrected chi connectivity index (χ4v) is 1.84. The molecular formula is C10H17N3O2. The van der Waals surface area contributed by atoms with Crippen molar-refractivity contribution in [1.29, 1.82) is 0 Å². The first-order valence-electron chi connectivity index (χ1n) is 5.34. The maximum atomic E-state index is 5.69.